The lowest BCUT2D eigenvalue weighted by Crippen LogP contribution is -1.91. The minimum absolute atomic E-state index is 0.780. The molecule has 1 heteroatoms. The number of carbonyl (C=O) groups excluding carboxylic acids is 1. The number of aldehydes is 1. The molecular weight excluding hydrogens is 208 g/mol. The molecule has 0 saturated carbocycles. The van der Waals surface area contributed by atoms with E-state index in [1.165, 1.54) is 5.56 Å². The molecule has 0 aromatic heterocycles. The van der Waals surface area contributed by atoms with Crippen molar-refractivity contribution in [1.29, 1.82) is 0 Å². The van der Waals surface area contributed by atoms with Gasteiger partial charge in [-0.05, 0) is 29.2 Å². The first-order chi connectivity index (χ1) is 8.35. The van der Waals surface area contributed by atoms with Gasteiger partial charge in [0.05, 0.1) is 0 Å². The Morgan fingerprint density at radius 2 is 1.82 bits per heavy atom. The van der Waals surface area contributed by atoms with Crippen LogP contribution in [0.25, 0.3) is 11.1 Å². The Balaban J connectivity index is 2.45. The van der Waals surface area contributed by atoms with Crippen molar-refractivity contribution in [3.05, 3.63) is 59.7 Å². The molecule has 0 amide bonds. The molecule has 0 radical (unpaired) electrons. The van der Waals surface area contributed by atoms with Gasteiger partial charge in [0.25, 0.3) is 0 Å². The second-order valence-electron chi connectivity index (χ2n) is 4.16. The standard InChI is InChI=1S/C16H16O/c1-2-6-13-9-10-16(15(11-13)12-17)14-7-4-3-5-8-14/h3-5,7-12H,2,6H2,1H3. The smallest absolute Gasteiger partial charge is 0.150 e. The second kappa shape index (κ2) is 5.44. The molecule has 0 spiro atoms. The van der Waals surface area contributed by atoms with Gasteiger partial charge >= 0.3 is 0 Å². The van der Waals surface area contributed by atoms with E-state index >= 15 is 0 Å². The first-order valence-electron chi connectivity index (χ1n) is 5.98. The molecule has 2 aromatic carbocycles. The van der Waals surface area contributed by atoms with Gasteiger partial charge < -0.3 is 0 Å². The van der Waals surface area contributed by atoms with E-state index in [0.717, 1.165) is 35.8 Å². The van der Waals surface area contributed by atoms with E-state index in [9.17, 15) is 4.79 Å². The van der Waals surface area contributed by atoms with Crippen LogP contribution in [0.15, 0.2) is 48.5 Å². The zero-order valence-corrected chi connectivity index (χ0v) is 10.0. The van der Waals surface area contributed by atoms with Crippen LogP contribution in [0.3, 0.4) is 0 Å². The number of hydrogen-bond acceptors (Lipinski definition) is 1. The molecule has 0 heterocycles. The summed E-state index contributed by atoms with van der Waals surface area (Å²) in [4.78, 5) is 11.2. The van der Waals surface area contributed by atoms with Crippen molar-refractivity contribution in [3.8, 4) is 11.1 Å². The van der Waals surface area contributed by atoms with Crippen LogP contribution >= 0.6 is 0 Å². The number of carbonyl (C=O) groups is 1. The van der Waals surface area contributed by atoms with Crippen LogP contribution < -0.4 is 0 Å². The van der Waals surface area contributed by atoms with Crippen LogP contribution in [0.4, 0.5) is 0 Å². The SMILES string of the molecule is CCCc1ccc(-c2ccccc2)c(C=O)c1. The summed E-state index contributed by atoms with van der Waals surface area (Å²) in [6.07, 6.45) is 3.07. The molecule has 17 heavy (non-hydrogen) atoms. The fraction of sp³-hybridized carbons (Fsp3) is 0.188. The van der Waals surface area contributed by atoms with E-state index in [-0.39, 0.29) is 0 Å². The van der Waals surface area contributed by atoms with Gasteiger partial charge in [0.2, 0.25) is 0 Å². The lowest BCUT2D eigenvalue weighted by atomic mass is 9.97. The molecule has 1 nitrogen and oxygen atoms in total. The number of hydrogen-bond donors (Lipinski definition) is 0. The molecule has 0 aliphatic rings. The largest absolute Gasteiger partial charge is 0.298 e. The van der Waals surface area contributed by atoms with Crippen molar-refractivity contribution in [2.45, 2.75) is 19.8 Å². The lowest BCUT2D eigenvalue weighted by Gasteiger charge is -2.07. The summed E-state index contributed by atoms with van der Waals surface area (Å²) in [5.74, 6) is 0. The fourth-order valence-corrected chi connectivity index (χ4v) is 2.03. The van der Waals surface area contributed by atoms with Crippen LogP contribution in [-0.2, 0) is 6.42 Å². The minimum Gasteiger partial charge on any atom is -0.298 e. The third-order valence-electron chi connectivity index (χ3n) is 2.87. The first-order valence-corrected chi connectivity index (χ1v) is 5.98. The average molecular weight is 224 g/mol. The van der Waals surface area contributed by atoms with E-state index in [4.69, 9.17) is 0 Å². The zero-order valence-electron chi connectivity index (χ0n) is 10.0. The van der Waals surface area contributed by atoms with E-state index in [0.29, 0.717) is 0 Å². The highest BCUT2D eigenvalue weighted by Gasteiger charge is 2.04. The molecule has 0 aliphatic carbocycles. The Morgan fingerprint density at radius 3 is 2.47 bits per heavy atom. The molecule has 0 fully saturated rings. The van der Waals surface area contributed by atoms with Crippen molar-refractivity contribution < 1.29 is 4.79 Å². The molecule has 86 valence electrons. The van der Waals surface area contributed by atoms with Gasteiger partial charge in [0.15, 0.2) is 6.29 Å². The summed E-state index contributed by atoms with van der Waals surface area (Å²) in [6.45, 7) is 2.14. The lowest BCUT2D eigenvalue weighted by molar-refractivity contribution is 0.112. The van der Waals surface area contributed by atoms with Crippen LogP contribution in [0, 0.1) is 0 Å². The maximum atomic E-state index is 11.2. The van der Waals surface area contributed by atoms with Crippen molar-refractivity contribution in [3.63, 3.8) is 0 Å². The van der Waals surface area contributed by atoms with Crippen LogP contribution in [0.1, 0.15) is 29.3 Å². The molecular formula is C16H16O. The molecule has 2 rings (SSSR count). The average Bonchev–Trinajstić information content (AvgIpc) is 2.40. The molecule has 0 atom stereocenters. The van der Waals surface area contributed by atoms with Gasteiger partial charge in [-0.15, -0.1) is 0 Å². The number of aryl methyl sites for hydroxylation is 1. The van der Waals surface area contributed by atoms with E-state index in [1.807, 2.05) is 42.5 Å². The van der Waals surface area contributed by atoms with Crippen molar-refractivity contribution >= 4 is 6.29 Å². The molecule has 0 N–H and O–H groups in total. The van der Waals surface area contributed by atoms with Crippen molar-refractivity contribution in [2.75, 3.05) is 0 Å². The van der Waals surface area contributed by atoms with Crippen LogP contribution in [0.5, 0.6) is 0 Å². The first kappa shape index (κ1) is 11.6. The molecule has 2 aromatic rings. The third kappa shape index (κ3) is 2.62. The second-order valence-corrected chi connectivity index (χ2v) is 4.16. The van der Waals surface area contributed by atoms with Crippen molar-refractivity contribution in [2.24, 2.45) is 0 Å². The van der Waals surface area contributed by atoms with Crippen LogP contribution in [0.2, 0.25) is 0 Å². The Hall–Kier alpha value is -1.89. The highest BCUT2D eigenvalue weighted by atomic mass is 16.1. The van der Waals surface area contributed by atoms with E-state index < -0.39 is 0 Å². The normalized spacial score (nSPS) is 10.2. The van der Waals surface area contributed by atoms with E-state index in [1.54, 1.807) is 0 Å². The summed E-state index contributed by atoms with van der Waals surface area (Å²) in [7, 11) is 0. The van der Waals surface area contributed by atoms with Gasteiger partial charge in [0.1, 0.15) is 0 Å². The fourth-order valence-electron chi connectivity index (χ4n) is 2.03. The van der Waals surface area contributed by atoms with Crippen molar-refractivity contribution in [1.82, 2.24) is 0 Å². The third-order valence-corrected chi connectivity index (χ3v) is 2.87. The summed E-state index contributed by atoms with van der Waals surface area (Å²) in [5, 5.41) is 0. The van der Waals surface area contributed by atoms with Crippen LogP contribution in [-0.4, -0.2) is 6.29 Å². The predicted octanol–water partition coefficient (Wildman–Crippen LogP) is 4.12. The highest BCUT2D eigenvalue weighted by molar-refractivity contribution is 5.87. The number of benzene rings is 2. The maximum Gasteiger partial charge on any atom is 0.150 e. The Morgan fingerprint density at radius 1 is 1.06 bits per heavy atom. The molecule has 0 unspecified atom stereocenters. The topological polar surface area (TPSA) is 17.1 Å². The highest BCUT2D eigenvalue weighted by Crippen LogP contribution is 2.23. The molecule has 0 aliphatic heterocycles. The summed E-state index contributed by atoms with van der Waals surface area (Å²) in [5.41, 5.74) is 4.12. The Bertz CT molecular complexity index is 500. The van der Waals surface area contributed by atoms with Gasteiger partial charge in [0, 0.05) is 5.56 Å². The number of rotatable bonds is 4. The Kier molecular flexibility index (Phi) is 3.71. The van der Waals surface area contributed by atoms with Gasteiger partial charge in [-0.1, -0.05) is 55.8 Å². The minimum atomic E-state index is 0.780. The van der Waals surface area contributed by atoms with Gasteiger partial charge in [-0.2, -0.15) is 0 Å². The molecule has 0 saturated heterocycles. The summed E-state index contributed by atoms with van der Waals surface area (Å²) >= 11 is 0. The van der Waals surface area contributed by atoms with Gasteiger partial charge in [-0.3, -0.25) is 4.79 Å². The Labute approximate surface area is 102 Å². The predicted molar refractivity (Wildman–Crippen MR) is 71.3 cm³/mol. The summed E-state index contributed by atoms with van der Waals surface area (Å²) in [6, 6.07) is 16.2. The van der Waals surface area contributed by atoms with Gasteiger partial charge in [-0.25, -0.2) is 0 Å². The van der Waals surface area contributed by atoms with E-state index in [2.05, 4.69) is 13.0 Å². The zero-order chi connectivity index (χ0) is 12.1. The summed E-state index contributed by atoms with van der Waals surface area (Å²) < 4.78 is 0. The monoisotopic (exact) mass is 224 g/mol. The molecule has 0 bridgehead atoms. The quantitative estimate of drug-likeness (QED) is 0.714. The maximum absolute atomic E-state index is 11.2.